The van der Waals surface area contributed by atoms with Crippen LogP contribution >= 0.6 is 0 Å². The molecule has 0 aliphatic rings. The van der Waals surface area contributed by atoms with Crippen LogP contribution in [0.2, 0.25) is 0 Å². The summed E-state index contributed by atoms with van der Waals surface area (Å²) in [5.41, 5.74) is 10.5. The Balaban J connectivity index is 1.28. The third-order valence-corrected chi connectivity index (χ3v) is 9.65. The number of para-hydroxylation sites is 2. The van der Waals surface area contributed by atoms with Gasteiger partial charge in [-0.3, -0.25) is 4.98 Å². The number of aromatic nitrogens is 2. The lowest BCUT2D eigenvalue weighted by atomic mass is 10.0. The van der Waals surface area contributed by atoms with Crippen LogP contribution in [0.3, 0.4) is 0 Å². The Bertz CT molecular complexity index is 2820. The molecule has 3 heterocycles. The lowest BCUT2D eigenvalue weighted by Crippen LogP contribution is -2.10. The first-order valence-electron chi connectivity index (χ1n) is 16.5. The average molecular weight is 628 g/mol. The van der Waals surface area contributed by atoms with Crippen molar-refractivity contribution < 1.29 is 4.42 Å². The van der Waals surface area contributed by atoms with Gasteiger partial charge in [0.15, 0.2) is 11.2 Å². The number of benzene rings is 7. The minimum Gasteiger partial charge on any atom is -0.452 e. The van der Waals surface area contributed by atoms with Gasteiger partial charge >= 0.3 is 0 Å². The van der Waals surface area contributed by atoms with Crippen LogP contribution in [-0.4, -0.2) is 9.55 Å². The third-order valence-electron chi connectivity index (χ3n) is 9.65. The topological polar surface area (TPSA) is 34.2 Å². The number of anilines is 3. The number of furan rings is 1. The number of pyridine rings is 1. The van der Waals surface area contributed by atoms with Crippen molar-refractivity contribution in [1.82, 2.24) is 9.55 Å². The smallest absolute Gasteiger partial charge is 0.160 e. The van der Waals surface area contributed by atoms with Crippen LogP contribution in [0.15, 0.2) is 181 Å². The molecule has 0 unspecified atom stereocenters. The van der Waals surface area contributed by atoms with Gasteiger partial charge in [-0.25, -0.2) is 0 Å². The highest BCUT2D eigenvalue weighted by atomic mass is 16.3. The average Bonchev–Trinajstić information content (AvgIpc) is 3.72. The highest BCUT2D eigenvalue weighted by Gasteiger charge is 2.23. The van der Waals surface area contributed by atoms with Crippen LogP contribution in [0.4, 0.5) is 17.1 Å². The van der Waals surface area contributed by atoms with Crippen molar-refractivity contribution >= 4 is 71.6 Å². The Kier molecular flexibility index (Phi) is 6.15. The fourth-order valence-electron chi connectivity index (χ4n) is 7.44. The van der Waals surface area contributed by atoms with Crippen LogP contribution < -0.4 is 4.90 Å². The van der Waals surface area contributed by atoms with E-state index >= 15 is 0 Å². The molecule has 0 radical (unpaired) electrons. The first-order chi connectivity index (χ1) is 24.3. The first kappa shape index (κ1) is 27.5. The molecule has 3 aromatic heterocycles. The van der Waals surface area contributed by atoms with Crippen molar-refractivity contribution in [1.29, 1.82) is 0 Å². The van der Waals surface area contributed by atoms with E-state index in [0.717, 1.165) is 61.0 Å². The molecule has 4 heteroatoms. The summed E-state index contributed by atoms with van der Waals surface area (Å²) in [6.45, 7) is 0. The predicted octanol–water partition coefficient (Wildman–Crippen LogP) is 12.4. The van der Waals surface area contributed by atoms with Crippen molar-refractivity contribution in [2.24, 2.45) is 0 Å². The zero-order valence-electron chi connectivity index (χ0n) is 26.5. The number of hydrogen-bond acceptors (Lipinski definition) is 3. The molecule has 0 amide bonds. The van der Waals surface area contributed by atoms with Crippen LogP contribution in [0.5, 0.6) is 0 Å². The van der Waals surface area contributed by atoms with Crippen LogP contribution in [0.25, 0.3) is 71.3 Å². The molecule has 0 atom stereocenters. The van der Waals surface area contributed by atoms with Gasteiger partial charge in [0.2, 0.25) is 0 Å². The van der Waals surface area contributed by atoms with Gasteiger partial charge < -0.3 is 13.9 Å². The molecule has 0 bridgehead atoms. The van der Waals surface area contributed by atoms with Crippen LogP contribution in [0.1, 0.15) is 0 Å². The zero-order valence-corrected chi connectivity index (χ0v) is 26.5. The summed E-state index contributed by atoms with van der Waals surface area (Å²) in [6, 6.07) is 58.3. The molecule has 10 aromatic rings. The van der Waals surface area contributed by atoms with Crippen molar-refractivity contribution in [3.8, 4) is 16.8 Å². The summed E-state index contributed by atoms with van der Waals surface area (Å²) in [7, 11) is 0. The Labute approximate surface area is 282 Å². The van der Waals surface area contributed by atoms with Crippen LogP contribution in [-0.2, 0) is 0 Å². The number of nitrogens with zero attached hydrogens (tertiary/aromatic N) is 3. The second-order valence-corrected chi connectivity index (χ2v) is 12.4. The van der Waals surface area contributed by atoms with E-state index in [4.69, 9.17) is 4.42 Å². The lowest BCUT2D eigenvalue weighted by Gasteiger charge is -2.26. The van der Waals surface area contributed by atoms with E-state index < -0.39 is 0 Å². The van der Waals surface area contributed by atoms with Gasteiger partial charge in [0.1, 0.15) is 0 Å². The zero-order chi connectivity index (χ0) is 32.3. The maximum Gasteiger partial charge on any atom is 0.160 e. The quantitative estimate of drug-likeness (QED) is 0.190. The molecule has 7 aromatic carbocycles. The third kappa shape index (κ3) is 4.35. The largest absolute Gasteiger partial charge is 0.452 e. The van der Waals surface area contributed by atoms with E-state index in [1.54, 1.807) is 0 Å². The second-order valence-electron chi connectivity index (χ2n) is 12.4. The lowest BCUT2D eigenvalue weighted by molar-refractivity contribution is 0.667. The van der Waals surface area contributed by atoms with Gasteiger partial charge in [0.25, 0.3) is 0 Å². The summed E-state index contributed by atoms with van der Waals surface area (Å²) < 4.78 is 9.10. The van der Waals surface area contributed by atoms with Gasteiger partial charge in [-0.1, -0.05) is 109 Å². The van der Waals surface area contributed by atoms with Crippen molar-refractivity contribution in [3.05, 3.63) is 176 Å². The van der Waals surface area contributed by atoms with E-state index in [1.165, 1.54) is 27.4 Å². The summed E-state index contributed by atoms with van der Waals surface area (Å²) >= 11 is 0. The normalized spacial score (nSPS) is 11.7. The molecule has 10 rings (SSSR count). The molecule has 0 fully saturated rings. The van der Waals surface area contributed by atoms with E-state index in [2.05, 4.69) is 178 Å². The number of fused-ring (bicyclic) bond motifs is 8. The number of rotatable bonds is 5. The highest BCUT2D eigenvalue weighted by Crippen LogP contribution is 2.46. The Morgan fingerprint density at radius 1 is 0.510 bits per heavy atom. The fourth-order valence-corrected chi connectivity index (χ4v) is 7.44. The van der Waals surface area contributed by atoms with Crippen molar-refractivity contribution in [3.63, 3.8) is 0 Å². The maximum absolute atomic E-state index is 6.73. The minimum absolute atomic E-state index is 0.772. The molecule has 0 N–H and O–H groups in total. The van der Waals surface area contributed by atoms with E-state index in [-0.39, 0.29) is 0 Å². The van der Waals surface area contributed by atoms with Gasteiger partial charge in [0.05, 0.1) is 22.9 Å². The van der Waals surface area contributed by atoms with Crippen molar-refractivity contribution in [2.75, 3.05) is 4.90 Å². The molecule has 49 heavy (non-hydrogen) atoms. The number of hydrogen-bond donors (Lipinski definition) is 0. The van der Waals surface area contributed by atoms with Gasteiger partial charge in [-0.05, 0) is 76.5 Å². The molecule has 0 spiro atoms. The molecule has 0 saturated carbocycles. The first-order valence-corrected chi connectivity index (χ1v) is 16.5. The van der Waals surface area contributed by atoms with Gasteiger partial charge in [0, 0.05) is 44.8 Å². The molecule has 0 aliphatic heterocycles. The van der Waals surface area contributed by atoms with E-state index in [1.807, 2.05) is 12.4 Å². The summed E-state index contributed by atoms with van der Waals surface area (Å²) in [6.07, 6.45) is 3.66. The second kappa shape index (κ2) is 11.0. The van der Waals surface area contributed by atoms with E-state index in [0.29, 0.717) is 0 Å². The Morgan fingerprint density at radius 3 is 2.02 bits per heavy atom. The molecule has 4 nitrogen and oxygen atoms in total. The fraction of sp³-hybridized carbons (Fsp3) is 0. The summed E-state index contributed by atoms with van der Waals surface area (Å²) in [4.78, 5) is 6.74. The SMILES string of the molecule is c1ccc(-c2ccc(N(c3ccc4c5ccccc5n(-c5ccccc5)c4c3)c3cc4ccccc4c4c3oc3cnccc34)cc2)cc1. The van der Waals surface area contributed by atoms with Gasteiger partial charge in [-0.2, -0.15) is 0 Å². The maximum atomic E-state index is 6.73. The standard InChI is InChI=1S/C45H29N3O/c1-3-11-30(12-4-1)31-19-21-34(22-20-31)47(42-27-32-13-7-8-16-36(32)44-39-25-26-46-29-43(39)49-45(42)44)35-23-24-38-37-17-9-10-18-40(37)48(41(38)28-35)33-14-5-2-6-15-33/h1-29H. The Morgan fingerprint density at radius 2 is 1.18 bits per heavy atom. The van der Waals surface area contributed by atoms with Crippen molar-refractivity contribution in [2.45, 2.75) is 0 Å². The van der Waals surface area contributed by atoms with E-state index in [9.17, 15) is 0 Å². The molecule has 0 aliphatic carbocycles. The monoisotopic (exact) mass is 627 g/mol. The molecular weight excluding hydrogens is 599 g/mol. The molecular formula is C45H29N3O. The highest BCUT2D eigenvalue weighted by molar-refractivity contribution is 6.23. The van der Waals surface area contributed by atoms with Crippen LogP contribution in [0, 0.1) is 0 Å². The van der Waals surface area contributed by atoms with Gasteiger partial charge in [-0.15, -0.1) is 0 Å². The minimum atomic E-state index is 0.772. The summed E-state index contributed by atoms with van der Waals surface area (Å²) in [5, 5.41) is 6.89. The predicted molar refractivity (Wildman–Crippen MR) is 203 cm³/mol. The molecule has 0 saturated heterocycles. The summed E-state index contributed by atoms with van der Waals surface area (Å²) in [5.74, 6) is 0. The Hall–Kier alpha value is -6.65. The molecule has 230 valence electrons.